The van der Waals surface area contributed by atoms with Gasteiger partial charge in [-0.05, 0) is 49.9 Å². The number of aromatic nitrogens is 4. The van der Waals surface area contributed by atoms with E-state index in [9.17, 15) is 9.59 Å². The average molecular weight is 579 g/mol. The standard InChI is InChI=1S/C30H42N8O4/c1-3-4-18-42-29-34-27(32)26-28(35-29)38(30(40)33-26)15-7-14-37(24-10-16-36(17-11-24)13-6-12-31)21-23-9-5-8-22(19-23)20-25(39)41-2/h5,8-9,19,24H,3-4,6-7,10-11,13-18,20-21H2,1-2H3,(H,33,40)(H2,32,34,35). The third kappa shape index (κ3) is 8.30. The lowest BCUT2D eigenvalue weighted by Gasteiger charge is -2.38. The summed E-state index contributed by atoms with van der Waals surface area (Å²) >= 11 is 0. The number of nitrogen functional groups attached to an aromatic ring is 1. The molecule has 0 bridgehead atoms. The number of unbranched alkanes of at least 4 members (excludes halogenated alkanes) is 1. The van der Waals surface area contributed by atoms with E-state index in [1.807, 2.05) is 12.1 Å². The number of carbonyl (C=O) groups excluding carboxylic acids is 1. The van der Waals surface area contributed by atoms with Gasteiger partial charge in [-0.2, -0.15) is 15.2 Å². The van der Waals surface area contributed by atoms with Crippen LogP contribution in [0.2, 0.25) is 0 Å². The lowest BCUT2D eigenvalue weighted by atomic mass is 10.0. The molecular formula is C30H42N8O4. The highest BCUT2D eigenvalue weighted by atomic mass is 16.5. The van der Waals surface area contributed by atoms with Crippen LogP contribution in [0, 0.1) is 11.3 Å². The minimum Gasteiger partial charge on any atom is -0.469 e. The Bertz CT molecular complexity index is 1420. The number of nitrogens with two attached hydrogens (primary N) is 1. The first-order chi connectivity index (χ1) is 20.4. The van der Waals surface area contributed by atoms with Crippen molar-refractivity contribution >= 4 is 23.0 Å². The maximum absolute atomic E-state index is 12.9. The number of carbonyl (C=O) groups is 1. The molecular weight excluding hydrogens is 536 g/mol. The van der Waals surface area contributed by atoms with Crippen molar-refractivity contribution in [3.63, 3.8) is 0 Å². The number of nitrogens with zero attached hydrogens (tertiary/aromatic N) is 6. The highest BCUT2D eigenvalue weighted by molar-refractivity contribution is 5.81. The van der Waals surface area contributed by atoms with Crippen LogP contribution in [0.4, 0.5) is 5.82 Å². The zero-order valence-corrected chi connectivity index (χ0v) is 24.7. The molecule has 3 aromatic rings. The number of piperidine rings is 1. The molecule has 0 unspecified atom stereocenters. The summed E-state index contributed by atoms with van der Waals surface area (Å²) < 4.78 is 12.1. The molecule has 0 radical (unpaired) electrons. The number of likely N-dealkylation sites (tertiary alicyclic amines) is 1. The SMILES string of the molecule is CCCCOc1nc(N)c2[nH]c(=O)n(CCCN(Cc3cccc(CC(=O)OC)c3)C3CCN(CCC#N)CC3)c2n1. The maximum atomic E-state index is 12.9. The molecule has 12 heteroatoms. The van der Waals surface area contributed by atoms with Gasteiger partial charge in [0.15, 0.2) is 11.5 Å². The quantitative estimate of drug-likeness (QED) is 0.203. The Balaban J connectivity index is 1.48. The average Bonchev–Trinajstić information content (AvgIpc) is 3.31. The smallest absolute Gasteiger partial charge is 0.327 e. The summed E-state index contributed by atoms with van der Waals surface area (Å²) in [5.41, 5.74) is 8.77. The van der Waals surface area contributed by atoms with Gasteiger partial charge in [0.25, 0.3) is 0 Å². The number of esters is 1. The van der Waals surface area contributed by atoms with Crippen LogP contribution < -0.4 is 16.2 Å². The minimum atomic E-state index is -0.274. The second kappa shape index (κ2) is 15.3. The van der Waals surface area contributed by atoms with Crippen molar-refractivity contribution in [1.29, 1.82) is 5.26 Å². The van der Waals surface area contributed by atoms with Gasteiger partial charge in [0.05, 0.1) is 26.2 Å². The Morgan fingerprint density at radius 3 is 2.74 bits per heavy atom. The molecule has 0 amide bonds. The molecule has 3 N–H and O–H groups in total. The topological polar surface area (TPSA) is 155 Å². The summed E-state index contributed by atoms with van der Waals surface area (Å²) in [6, 6.07) is 10.9. The number of benzene rings is 1. The number of nitriles is 1. The predicted molar refractivity (Wildman–Crippen MR) is 160 cm³/mol. The van der Waals surface area contributed by atoms with Gasteiger partial charge in [0, 0.05) is 38.6 Å². The van der Waals surface area contributed by atoms with Crippen molar-refractivity contribution in [2.75, 3.05) is 45.6 Å². The highest BCUT2D eigenvalue weighted by Gasteiger charge is 2.25. The molecule has 42 heavy (non-hydrogen) atoms. The molecule has 1 saturated heterocycles. The Morgan fingerprint density at radius 1 is 1.21 bits per heavy atom. The Kier molecular flexibility index (Phi) is 11.3. The second-order valence-electron chi connectivity index (χ2n) is 10.8. The van der Waals surface area contributed by atoms with Crippen LogP contribution in [0.5, 0.6) is 6.01 Å². The minimum absolute atomic E-state index is 0.179. The third-order valence-electron chi connectivity index (χ3n) is 7.75. The van der Waals surface area contributed by atoms with E-state index in [-0.39, 0.29) is 29.9 Å². The van der Waals surface area contributed by atoms with E-state index in [1.165, 1.54) is 7.11 Å². The van der Waals surface area contributed by atoms with Gasteiger partial charge in [0.2, 0.25) is 0 Å². The maximum Gasteiger partial charge on any atom is 0.327 e. The number of hydrogen-bond donors (Lipinski definition) is 2. The van der Waals surface area contributed by atoms with E-state index in [0.29, 0.717) is 36.8 Å². The van der Waals surface area contributed by atoms with Gasteiger partial charge in [-0.1, -0.05) is 37.6 Å². The zero-order chi connectivity index (χ0) is 29.9. The van der Waals surface area contributed by atoms with Crippen LogP contribution in [0.1, 0.15) is 56.6 Å². The highest BCUT2D eigenvalue weighted by Crippen LogP contribution is 2.22. The number of anilines is 1. The Labute approximate surface area is 246 Å². The number of rotatable bonds is 15. The summed E-state index contributed by atoms with van der Waals surface area (Å²) in [6.07, 6.45) is 5.36. The van der Waals surface area contributed by atoms with Crippen LogP contribution in [-0.2, 0) is 29.0 Å². The first kappa shape index (κ1) is 31.0. The molecule has 3 heterocycles. The lowest BCUT2D eigenvalue weighted by Crippen LogP contribution is -2.45. The zero-order valence-electron chi connectivity index (χ0n) is 24.7. The van der Waals surface area contributed by atoms with E-state index >= 15 is 0 Å². The Morgan fingerprint density at radius 2 is 2.00 bits per heavy atom. The molecule has 12 nitrogen and oxygen atoms in total. The fraction of sp³-hybridized carbons (Fsp3) is 0.567. The number of fused-ring (bicyclic) bond motifs is 1. The van der Waals surface area contributed by atoms with Crippen molar-refractivity contribution in [1.82, 2.24) is 29.3 Å². The number of H-pyrrole nitrogens is 1. The molecule has 0 saturated carbocycles. The van der Waals surface area contributed by atoms with E-state index in [4.69, 9.17) is 20.5 Å². The van der Waals surface area contributed by atoms with Gasteiger partial charge in [0.1, 0.15) is 5.52 Å². The molecule has 0 atom stereocenters. The first-order valence-electron chi connectivity index (χ1n) is 14.8. The van der Waals surface area contributed by atoms with Crippen molar-refractivity contribution in [2.24, 2.45) is 0 Å². The monoisotopic (exact) mass is 578 g/mol. The van der Waals surface area contributed by atoms with Crippen molar-refractivity contribution in [3.05, 3.63) is 45.9 Å². The summed E-state index contributed by atoms with van der Waals surface area (Å²) in [7, 11) is 1.40. The number of methoxy groups -OCH3 is 1. The van der Waals surface area contributed by atoms with Crippen LogP contribution >= 0.6 is 0 Å². The fourth-order valence-electron chi connectivity index (χ4n) is 5.46. The number of ether oxygens (including phenoxy) is 2. The largest absolute Gasteiger partial charge is 0.469 e. The predicted octanol–water partition coefficient (Wildman–Crippen LogP) is 2.87. The first-order valence-corrected chi connectivity index (χ1v) is 14.8. The molecule has 0 aliphatic carbocycles. The fourth-order valence-corrected chi connectivity index (χ4v) is 5.46. The number of nitrogens with one attached hydrogen (secondary N) is 1. The van der Waals surface area contributed by atoms with Crippen molar-refractivity contribution in [2.45, 2.75) is 71.0 Å². The van der Waals surface area contributed by atoms with Gasteiger partial charge >= 0.3 is 17.7 Å². The molecule has 1 aliphatic heterocycles. The van der Waals surface area contributed by atoms with Gasteiger partial charge in [-0.15, -0.1) is 0 Å². The van der Waals surface area contributed by atoms with Crippen LogP contribution in [-0.4, -0.2) is 81.2 Å². The molecule has 4 rings (SSSR count). The second-order valence-corrected chi connectivity index (χ2v) is 10.8. The number of imidazole rings is 1. The third-order valence-corrected chi connectivity index (χ3v) is 7.75. The van der Waals surface area contributed by atoms with E-state index < -0.39 is 0 Å². The van der Waals surface area contributed by atoms with Crippen molar-refractivity contribution in [3.8, 4) is 12.1 Å². The van der Waals surface area contributed by atoms with Crippen LogP contribution in [0.3, 0.4) is 0 Å². The molecule has 0 spiro atoms. The van der Waals surface area contributed by atoms with Gasteiger partial charge in [-0.3, -0.25) is 14.3 Å². The molecule has 1 aromatic carbocycles. The normalized spacial score (nSPS) is 14.3. The molecule has 1 aliphatic rings. The van der Waals surface area contributed by atoms with Crippen LogP contribution in [0.15, 0.2) is 29.1 Å². The van der Waals surface area contributed by atoms with Gasteiger partial charge in [-0.25, -0.2) is 4.79 Å². The summed E-state index contributed by atoms with van der Waals surface area (Å²) in [6.45, 7) is 7.22. The molecule has 1 fully saturated rings. The lowest BCUT2D eigenvalue weighted by molar-refractivity contribution is -0.139. The summed E-state index contributed by atoms with van der Waals surface area (Å²) in [5, 5.41) is 8.97. The van der Waals surface area contributed by atoms with Crippen molar-refractivity contribution < 1.29 is 14.3 Å². The number of aromatic amines is 1. The summed E-state index contributed by atoms with van der Waals surface area (Å²) in [5.74, 6) is -0.0692. The molecule has 2 aromatic heterocycles. The molecule has 226 valence electrons. The number of aryl methyl sites for hydroxylation is 1. The van der Waals surface area contributed by atoms with E-state index in [1.54, 1.807) is 4.57 Å². The number of hydrogen-bond acceptors (Lipinski definition) is 10. The Hall–Kier alpha value is -3.95. The van der Waals surface area contributed by atoms with Crippen LogP contribution in [0.25, 0.3) is 11.2 Å². The van der Waals surface area contributed by atoms with E-state index in [2.05, 4.69) is 49.9 Å². The summed E-state index contributed by atoms with van der Waals surface area (Å²) in [4.78, 5) is 41.0. The van der Waals surface area contributed by atoms with Gasteiger partial charge < -0.3 is 25.1 Å². The van der Waals surface area contributed by atoms with E-state index in [0.717, 1.165) is 76.0 Å².